The van der Waals surface area contributed by atoms with Crippen molar-refractivity contribution >= 4 is 11.8 Å². The molecular formula is C21H25N3O. The smallest absolute Gasteiger partial charge is 0.146 e. The molecule has 2 aromatic heterocycles. The molecule has 0 bridgehead atoms. The highest BCUT2D eigenvalue weighted by atomic mass is 16.5. The minimum Gasteiger partial charge on any atom is -0.494 e. The van der Waals surface area contributed by atoms with Gasteiger partial charge in [-0.3, -0.25) is 0 Å². The van der Waals surface area contributed by atoms with Crippen LogP contribution in [-0.2, 0) is 11.2 Å². The Morgan fingerprint density at radius 3 is 3.00 bits per heavy atom. The van der Waals surface area contributed by atoms with E-state index in [1.54, 1.807) is 7.11 Å². The van der Waals surface area contributed by atoms with Crippen LogP contribution in [0.5, 0.6) is 0 Å². The first-order valence-electron chi connectivity index (χ1n) is 9.12. The second-order valence-electron chi connectivity index (χ2n) is 6.88. The van der Waals surface area contributed by atoms with Crippen molar-refractivity contribution in [3.8, 4) is 0 Å². The fourth-order valence-corrected chi connectivity index (χ4v) is 4.14. The van der Waals surface area contributed by atoms with Crippen LogP contribution >= 0.6 is 0 Å². The van der Waals surface area contributed by atoms with Crippen LogP contribution in [-0.4, -0.2) is 22.8 Å². The van der Waals surface area contributed by atoms with Crippen molar-refractivity contribution in [2.45, 2.75) is 45.4 Å². The molecule has 4 nitrogen and oxygen atoms in total. The molecule has 0 amide bonds. The van der Waals surface area contributed by atoms with E-state index < -0.39 is 0 Å². The third kappa shape index (κ3) is 2.76. The number of fused-ring (bicyclic) bond motifs is 1. The molecule has 0 saturated heterocycles. The number of ether oxygens (including phenoxy) is 1. The van der Waals surface area contributed by atoms with E-state index in [1.165, 1.54) is 48.2 Å². The standard InChI is InChI=1S/C21H25N3O/c1-4-14-7-5-8-15-13(2)23-19(21(14)15)11-18-20(25-3)12-17(24-18)16-9-6-10-22-16/h6,9-12,14,22-23H,4-5,7-8H2,1-3H3/b18-11+. The van der Waals surface area contributed by atoms with E-state index in [1.807, 2.05) is 24.4 Å². The summed E-state index contributed by atoms with van der Waals surface area (Å²) in [5.41, 5.74) is 8.32. The quantitative estimate of drug-likeness (QED) is 0.824. The lowest BCUT2D eigenvalue weighted by Gasteiger charge is -2.22. The highest BCUT2D eigenvalue weighted by Crippen LogP contribution is 2.39. The van der Waals surface area contributed by atoms with Crippen molar-refractivity contribution in [1.29, 1.82) is 0 Å². The van der Waals surface area contributed by atoms with Crippen molar-refractivity contribution in [2.24, 2.45) is 4.99 Å². The number of methoxy groups -OCH3 is 1. The normalized spacial score (nSPS) is 21.2. The van der Waals surface area contributed by atoms with Gasteiger partial charge in [-0.25, -0.2) is 4.99 Å². The molecule has 0 radical (unpaired) electrons. The Hall–Kier alpha value is -2.49. The fourth-order valence-electron chi connectivity index (χ4n) is 4.14. The van der Waals surface area contributed by atoms with Crippen molar-refractivity contribution in [1.82, 2.24) is 9.97 Å². The molecule has 1 unspecified atom stereocenters. The molecule has 1 atom stereocenters. The van der Waals surface area contributed by atoms with Crippen molar-refractivity contribution in [2.75, 3.05) is 7.11 Å². The Bertz CT molecular complexity index is 865. The Kier molecular flexibility index (Phi) is 4.12. The molecule has 0 fully saturated rings. The van der Waals surface area contributed by atoms with Crippen LogP contribution < -0.4 is 0 Å². The first kappa shape index (κ1) is 16.0. The van der Waals surface area contributed by atoms with Crippen molar-refractivity contribution < 1.29 is 4.74 Å². The molecule has 2 N–H and O–H groups in total. The predicted molar refractivity (Wildman–Crippen MR) is 102 cm³/mol. The Balaban J connectivity index is 1.78. The average molecular weight is 335 g/mol. The number of allylic oxidation sites excluding steroid dienone is 1. The van der Waals surface area contributed by atoms with E-state index in [0.717, 1.165) is 22.9 Å². The van der Waals surface area contributed by atoms with Gasteiger partial charge in [0.05, 0.1) is 18.5 Å². The van der Waals surface area contributed by atoms with Crippen LogP contribution in [0.15, 0.2) is 40.9 Å². The van der Waals surface area contributed by atoms with E-state index >= 15 is 0 Å². The van der Waals surface area contributed by atoms with Crippen LogP contribution in [0.25, 0.3) is 6.08 Å². The minimum atomic E-state index is 0.642. The van der Waals surface area contributed by atoms with E-state index in [-0.39, 0.29) is 0 Å². The maximum atomic E-state index is 5.58. The molecule has 1 aliphatic heterocycles. The van der Waals surface area contributed by atoms with Gasteiger partial charge in [-0.05, 0) is 67.9 Å². The zero-order valence-electron chi connectivity index (χ0n) is 15.1. The van der Waals surface area contributed by atoms with Gasteiger partial charge < -0.3 is 14.7 Å². The summed E-state index contributed by atoms with van der Waals surface area (Å²) in [6, 6.07) is 4.01. The highest BCUT2D eigenvalue weighted by molar-refractivity contribution is 6.11. The van der Waals surface area contributed by atoms with Crippen LogP contribution in [0.2, 0.25) is 0 Å². The zero-order valence-corrected chi connectivity index (χ0v) is 15.1. The second kappa shape index (κ2) is 6.43. The summed E-state index contributed by atoms with van der Waals surface area (Å²) < 4.78 is 5.58. The molecule has 4 heteroatoms. The first-order chi connectivity index (χ1) is 12.2. The fraction of sp³-hybridized carbons (Fsp3) is 0.381. The number of aliphatic imine (C=N–C) groups is 1. The Morgan fingerprint density at radius 1 is 1.40 bits per heavy atom. The van der Waals surface area contributed by atoms with Gasteiger partial charge in [0.2, 0.25) is 0 Å². The van der Waals surface area contributed by atoms with Crippen LogP contribution in [0.1, 0.15) is 60.3 Å². The number of aryl methyl sites for hydroxylation is 1. The lowest BCUT2D eigenvalue weighted by Crippen LogP contribution is -2.08. The van der Waals surface area contributed by atoms with Gasteiger partial charge in [-0.1, -0.05) is 6.92 Å². The Morgan fingerprint density at radius 2 is 2.28 bits per heavy atom. The number of hydrogen-bond acceptors (Lipinski definition) is 2. The molecule has 2 aliphatic rings. The number of H-pyrrole nitrogens is 2. The molecule has 0 saturated carbocycles. The lowest BCUT2D eigenvalue weighted by molar-refractivity contribution is 0.303. The summed E-state index contributed by atoms with van der Waals surface area (Å²) in [6.07, 6.45) is 11.0. The van der Waals surface area contributed by atoms with E-state index in [9.17, 15) is 0 Å². The molecule has 25 heavy (non-hydrogen) atoms. The van der Waals surface area contributed by atoms with Crippen molar-refractivity contribution in [3.05, 3.63) is 64.1 Å². The van der Waals surface area contributed by atoms with Gasteiger partial charge in [-0.15, -0.1) is 0 Å². The molecule has 130 valence electrons. The van der Waals surface area contributed by atoms with Crippen LogP contribution in [0.4, 0.5) is 0 Å². The van der Waals surface area contributed by atoms with Gasteiger partial charge in [0.25, 0.3) is 0 Å². The molecular weight excluding hydrogens is 310 g/mol. The molecule has 3 heterocycles. The van der Waals surface area contributed by atoms with Gasteiger partial charge in [0, 0.05) is 23.7 Å². The molecule has 4 rings (SSSR count). The average Bonchev–Trinajstić information content (AvgIpc) is 3.35. The number of hydrogen-bond donors (Lipinski definition) is 2. The lowest BCUT2D eigenvalue weighted by atomic mass is 9.81. The maximum Gasteiger partial charge on any atom is 0.146 e. The zero-order chi connectivity index (χ0) is 17.4. The van der Waals surface area contributed by atoms with E-state index in [4.69, 9.17) is 9.73 Å². The third-order valence-electron chi connectivity index (χ3n) is 5.41. The number of aromatic amines is 2. The highest BCUT2D eigenvalue weighted by Gasteiger charge is 2.26. The SMILES string of the molecule is CCC1CCCc2c(C)[nH]c(/C=C3/N=C(c4ccc[nH]4)C=C3OC)c21. The molecule has 1 aliphatic carbocycles. The van der Waals surface area contributed by atoms with E-state index in [2.05, 4.69) is 29.9 Å². The number of nitrogens with zero attached hydrogens (tertiary/aromatic N) is 1. The number of nitrogens with one attached hydrogen (secondary N) is 2. The monoisotopic (exact) mass is 335 g/mol. The minimum absolute atomic E-state index is 0.642. The van der Waals surface area contributed by atoms with Gasteiger partial charge in [-0.2, -0.15) is 0 Å². The largest absolute Gasteiger partial charge is 0.494 e. The van der Waals surface area contributed by atoms with Gasteiger partial charge in [0.1, 0.15) is 11.5 Å². The summed E-state index contributed by atoms with van der Waals surface area (Å²) in [7, 11) is 1.71. The van der Waals surface area contributed by atoms with Crippen molar-refractivity contribution in [3.63, 3.8) is 0 Å². The summed E-state index contributed by atoms with van der Waals surface area (Å²) in [6.45, 7) is 4.48. The third-order valence-corrected chi connectivity index (χ3v) is 5.41. The molecule has 0 aromatic carbocycles. The number of rotatable bonds is 4. The summed E-state index contributed by atoms with van der Waals surface area (Å²) >= 11 is 0. The number of aromatic nitrogens is 2. The maximum absolute atomic E-state index is 5.58. The van der Waals surface area contributed by atoms with Crippen LogP contribution in [0, 0.1) is 6.92 Å². The first-order valence-corrected chi connectivity index (χ1v) is 9.12. The predicted octanol–water partition coefficient (Wildman–Crippen LogP) is 4.86. The van der Waals surface area contributed by atoms with Gasteiger partial charge >= 0.3 is 0 Å². The summed E-state index contributed by atoms with van der Waals surface area (Å²) in [5, 5.41) is 0. The molecule has 2 aromatic rings. The summed E-state index contributed by atoms with van der Waals surface area (Å²) in [5.74, 6) is 1.46. The van der Waals surface area contributed by atoms with E-state index in [0.29, 0.717) is 5.92 Å². The second-order valence-corrected chi connectivity index (χ2v) is 6.88. The topological polar surface area (TPSA) is 53.2 Å². The van der Waals surface area contributed by atoms with Gasteiger partial charge in [0.15, 0.2) is 0 Å². The molecule has 0 spiro atoms. The van der Waals surface area contributed by atoms with Crippen LogP contribution in [0.3, 0.4) is 0 Å². The Labute approximate surface area is 148 Å². The summed E-state index contributed by atoms with van der Waals surface area (Å²) in [4.78, 5) is 11.6.